The number of fused-ring (bicyclic) bond motifs is 1. The lowest BCUT2D eigenvalue weighted by molar-refractivity contribution is -0.116. The van der Waals surface area contributed by atoms with Gasteiger partial charge in [0.1, 0.15) is 12.4 Å². The van der Waals surface area contributed by atoms with E-state index < -0.39 is 0 Å². The number of amides is 1. The second-order valence-electron chi connectivity index (χ2n) is 5.55. The molecule has 0 aliphatic rings. The summed E-state index contributed by atoms with van der Waals surface area (Å²) in [6.07, 6.45) is 2.82. The molecule has 3 rings (SSSR count). The van der Waals surface area contributed by atoms with Crippen LogP contribution in [0, 0.1) is 0 Å². The highest BCUT2D eigenvalue weighted by Gasteiger charge is 2.10. The van der Waals surface area contributed by atoms with E-state index in [2.05, 4.69) is 15.4 Å². The third kappa shape index (κ3) is 4.13. The normalized spacial score (nSPS) is 10.8. The van der Waals surface area contributed by atoms with Gasteiger partial charge in [0.15, 0.2) is 11.5 Å². The molecule has 0 bridgehead atoms. The van der Waals surface area contributed by atoms with Crippen molar-refractivity contribution in [2.45, 2.75) is 19.4 Å². The molecule has 0 aliphatic carbocycles. The van der Waals surface area contributed by atoms with Crippen molar-refractivity contribution in [3.8, 4) is 5.75 Å². The summed E-state index contributed by atoms with van der Waals surface area (Å²) in [5.74, 6) is 1.31. The van der Waals surface area contributed by atoms with Crippen molar-refractivity contribution < 1.29 is 14.3 Å². The molecule has 0 aliphatic heterocycles. The van der Waals surface area contributed by atoms with Crippen molar-refractivity contribution in [3.05, 3.63) is 54.0 Å². The van der Waals surface area contributed by atoms with E-state index in [1.807, 2.05) is 36.4 Å². The number of aromatic nitrogens is 3. The number of benzene rings is 1. The fourth-order valence-electron chi connectivity index (χ4n) is 2.50. The third-order valence-corrected chi connectivity index (χ3v) is 3.75. The van der Waals surface area contributed by atoms with E-state index in [4.69, 9.17) is 9.47 Å². The predicted octanol–water partition coefficient (Wildman–Crippen LogP) is 2.46. The number of aryl methyl sites for hydroxylation is 1. The molecule has 7 nitrogen and oxygen atoms in total. The third-order valence-electron chi connectivity index (χ3n) is 3.75. The zero-order valence-corrected chi connectivity index (χ0v) is 14.2. The van der Waals surface area contributed by atoms with Gasteiger partial charge in [-0.25, -0.2) is 9.50 Å². The number of hydrogen-bond acceptors (Lipinski definition) is 5. The minimum absolute atomic E-state index is 0.0693. The monoisotopic (exact) mass is 340 g/mol. The van der Waals surface area contributed by atoms with Gasteiger partial charge in [0, 0.05) is 19.7 Å². The molecule has 0 atom stereocenters. The first-order valence-corrected chi connectivity index (χ1v) is 7.95. The van der Waals surface area contributed by atoms with Crippen LogP contribution in [-0.4, -0.2) is 34.7 Å². The van der Waals surface area contributed by atoms with Crippen LogP contribution < -0.4 is 10.1 Å². The lowest BCUT2D eigenvalue weighted by atomic mass is 10.1. The van der Waals surface area contributed by atoms with Gasteiger partial charge in [-0.1, -0.05) is 12.1 Å². The van der Waals surface area contributed by atoms with Gasteiger partial charge in [0.25, 0.3) is 0 Å². The van der Waals surface area contributed by atoms with E-state index in [9.17, 15) is 4.79 Å². The van der Waals surface area contributed by atoms with Crippen LogP contribution in [0.5, 0.6) is 5.75 Å². The smallest absolute Gasteiger partial charge is 0.224 e. The van der Waals surface area contributed by atoms with Crippen LogP contribution in [0.3, 0.4) is 0 Å². The molecule has 130 valence electrons. The molecule has 7 heteroatoms. The molecule has 0 spiro atoms. The molecule has 0 radical (unpaired) electrons. The largest absolute Gasteiger partial charge is 0.497 e. The molecule has 0 fully saturated rings. The second kappa shape index (κ2) is 7.76. The van der Waals surface area contributed by atoms with E-state index in [-0.39, 0.29) is 5.91 Å². The van der Waals surface area contributed by atoms with Gasteiger partial charge < -0.3 is 14.8 Å². The maximum Gasteiger partial charge on any atom is 0.224 e. The number of hydrogen-bond donors (Lipinski definition) is 1. The number of ether oxygens (including phenoxy) is 2. The second-order valence-corrected chi connectivity index (χ2v) is 5.55. The fraction of sp³-hybridized carbons (Fsp3) is 0.278. The topological polar surface area (TPSA) is 77.8 Å². The fourth-order valence-corrected chi connectivity index (χ4v) is 2.50. The zero-order valence-electron chi connectivity index (χ0n) is 14.2. The molecule has 2 heterocycles. The van der Waals surface area contributed by atoms with Crippen molar-refractivity contribution in [1.82, 2.24) is 14.6 Å². The summed E-state index contributed by atoms with van der Waals surface area (Å²) in [5, 5.41) is 7.20. The van der Waals surface area contributed by atoms with Gasteiger partial charge in [-0.05, 0) is 36.2 Å². The average Bonchev–Trinajstić information content (AvgIpc) is 3.04. The molecule has 1 amide bonds. The Morgan fingerprint density at radius 2 is 2.00 bits per heavy atom. The van der Waals surface area contributed by atoms with Crippen molar-refractivity contribution >= 4 is 17.2 Å². The van der Waals surface area contributed by atoms with Gasteiger partial charge in [0.05, 0.1) is 12.8 Å². The van der Waals surface area contributed by atoms with Gasteiger partial charge in [0.2, 0.25) is 5.91 Å². The quantitative estimate of drug-likeness (QED) is 0.715. The van der Waals surface area contributed by atoms with Crippen LogP contribution in [0.15, 0.2) is 42.6 Å². The van der Waals surface area contributed by atoms with Crippen molar-refractivity contribution in [3.63, 3.8) is 0 Å². The van der Waals surface area contributed by atoms with E-state index in [0.29, 0.717) is 36.6 Å². The highest BCUT2D eigenvalue weighted by atomic mass is 16.5. The Balaban J connectivity index is 1.64. The Morgan fingerprint density at radius 3 is 2.72 bits per heavy atom. The number of nitrogens with one attached hydrogen (secondary N) is 1. The number of anilines is 1. The molecule has 0 saturated heterocycles. The Morgan fingerprint density at radius 1 is 1.20 bits per heavy atom. The Kier molecular flexibility index (Phi) is 5.25. The highest BCUT2D eigenvalue weighted by Crippen LogP contribution is 2.16. The van der Waals surface area contributed by atoms with Gasteiger partial charge in [-0.2, -0.15) is 0 Å². The molecule has 1 aromatic carbocycles. The summed E-state index contributed by atoms with van der Waals surface area (Å²) in [6, 6.07) is 11.3. The van der Waals surface area contributed by atoms with E-state index in [1.165, 1.54) is 0 Å². The number of nitrogens with zero attached hydrogens (tertiary/aromatic N) is 3. The van der Waals surface area contributed by atoms with Gasteiger partial charge in [-0.3, -0.25) is 4.79 Å². The minimum Gasteiger partial charge on any atom is -0.497 e. The number of rotatable bonds is 7. The Labute approximate surface area is 145 Å². The molecular formula is C18H20N4O3. The van der Waals surface area contributed by atoms with Crippen molar-refractivity contribution in [2.24, 2.45) is 0 Å². The van der Waals surface area contributed by atoms with E-state index in [1.54, 1.807) is 24.9 Å². The average molecular weight is 340 g/mol. The van der Waals surface area contributed by atoms with Crippen LogP contribution in [0.4, 0.5) is 5.69 Å². The summed E-state index contributed by atoms with van der Waals surface area (Å²) in [5.41, 5.74) is 2.32. The molecule has 3 aromatic rings. The SMILES string of the molecule is COCc1nc2c(NC(=O)CCc3ccc(OC)cc3)cccn2n1. The number of methoxy groups -OCH3 is 2. The lowest BCUT2D eigenvalue weighted by Crippen LogP contribution is -2.13. The minimum atomic E-state index is -0.0693. The summed E-state index contributed by atoms with van der Waals surface area (Å²) in [6.45, 7) is 0.326. The van der Waals surface area contributed by atoms with Crippen LogP contribution in [0.1, 0.15) is 17.8 Å². The predicted molar refractivity (Wildman–Crippen MR) is 93.6 cm³/mol. The van der Waals surface area contributed by atoms with Crippen LogP contribution in [0.25, 0.3) is 5.65 Å². The zero-order chi connectivity index (χ0) is 17.6. The number of carbonyl (C=O) groups excluding carboxylic acids is 1. The maximum absolute atomic E-state index is 12.3. The number of carbonyl (C=O) groups is 1. The first kappa shape index (κ1) is 16.9. The van der Waals surface area contributed by atoms with Gasteiger partial charge in [-0.15, -0.1) is 5.10 Å². The molecule has 25 heavy (non-hydrogen) atoms. The summed E-state index contributed by atoms with van der Waals surface area (Å²) in [4.78, 5) is 16.7. The highest BCUT2D eigenvalue weighted by molar-refractivity contribution is 5.94. The molecule has 0 unspecified atom stereocenters. The number of pyridine rings is 1. The van der Waals surface area contributed by atoms with Crippen molar-refractivity contribution in [1.29, 1.82) is 0 Å². The van der Waals surface area contributed by atoms with Crippen LogP contribution in [0.2, 0.25) is 0 Å². The first-order valence-electron chi connectivity index (χ1n) is 7.95. The van der Waals surface area contributed by atoms with E-state index >= 15 is 0 Å². The summed E-state index contributed by atoms with van der Waals surface area (Å²) in [7, 11) is 3.22. The van der Waals surface area contributed by atoms with E-state index in [0.717, 1.165) is 11.3 Å². The van der Waals surface area contributed by atoms with Crippen molar-refractivity contribution in [2.75, 3.05) is 19.5 Å². The summed E-state index contributed by atoms with van der Waals surface area (Å²) >= 11 is 0. The molecule has 2 aromatic heterocycles. The molecular weight excluding hydrogens is 320 g/mol. The molecule has 1 N–H and O–H groups in total. The van der Waals surface area contributed by atoms with Gasteiger partial charge >= 0.3 is 0 Å². The maximum atomic E-state index is 12.3. The van der Waals surface area contributed by atoms with Crippen LogP contribution in [-0.2, 0) is 22.6 Å². The first-order chi connectivity index (χ1) is 12.2. The Hall–Kier alpha value is -2.93. The van der Waals surface area contributed by atoms with Crippen LogP contribution >= 0.6 is 0 Å². The summed E-state index contributed by atoms with van der Waals surface area (Å²) < 4.78 is 11.8. The lowest BCUT2D eigenvalue weighted by Gasteiger charge is -2.06. The molecule has 0 saturated carbocycles. The Bertz CT molecular complexity index is 858. The standard InChI is InChI=1S/C18H20N4O3/c1-24-12-16-20-18-15(4-3-11-22(18)21-16)19-17(23)10-7-13-5-8-14(25-2)9-6-13/h3-6,8-9,11H,7,10,12H2,1-2H3,(H,19,23).